The zero-order chi connectivity index (χ0) is 10.7. The normalized spacial score (nSPS) is 17.3. The smallest absolute Gasteiger partial charge is 0.225 e. The highest BCUT2D eigenvalue weighted by molar-refractivity contribution is 5.79. The van der Waals surface area contributed by atoms with E-state index < -0.39 is 0 Å². The predicted molar refractivity (Wildman–Crippen MR) is 59.0 cm³/mol. The van der Waals surface area contributed by atoms with E-state index >= 15 is 0 Å². The summed E-state index contributed by atoms with van der Waals surface area (Å²) in [5.74, 6) is 1.30. The molecule has 0 unspecified atom stereocenters. The number of nitrogens with zero attached hydrogens (tertiary/aromatic N) is 1. The minimum absolute atomic E-state index is 0.344. The summed E-state index contributed by atoms with van der Waals surface area (Å²) in [6, 6.07) is 0.352. The van der Waals surface area contributed by atoms with Crippen molar-refractivity contribution in [1.29, 1.82) is 0 Å². The van der Waals surface area contributed by atoms with Crippen LogP contribution in [0.4, 0.5) is 0 Å². The van der Waals surface area contributed by atoms with E-state index in [1.165, 1.54) is 6.42 Å². The molecule has 0 bridgehead atoms. The highest BCUT2D eigenvalue weighted by Crippen LogP contribution is 2.29. The molecule has 0 aromatic rings. The van der Waals surface area contributed by atoms with Gasteiger partial charge in [-0.1, -0.05) is 20.3 Å². The molecule has 0 atom stereocenters. The van der Waals surface area contributed by atoms with Gasteiger partial charge >= 0.3 is 0 Å². The van der Waals surface area contributed by atoms with Crippen molar-refractivity contribution in [3.63, 3.8) is 0 Å². The molecule has 0 heterocycles. The van der Waals surface area contributed by atoms with E-state index in [4.69, 9.17) is 0 Å². The second-order valence-corrected chi connectivity index (χ2v) is 5.11. The SMILES string of the molecule is CC(C)CN(C(=O)C1CCC1)C(C)C. The van der Waals surface area contributed by atoms with Crippen molar-refractivity contribution in [2.24, 2.45) is 11.8 Å². The zero-order valence-corrected chi connectivity index (χ0v) is 9.92. The molecule has 0 spiro atoms. The van der Waals surface area contributed by atoms with Gasteiger partial charge in [0.05, 0.1) is 0 Å². The molecule has 0 radical (unpaired) electrons. The van der Waals surface area contributed by atoms with Crippen LogP contribution in [-0.4, -0.2) is 23.4 Å². The summed E-state index contributed by atoms with van der Waals surface area (Å²) in [7, 11) is 0. The van der Waals surface area contributed by atoms with Crippen LogP contribution in [-0.2, 0) is 4.79 Å². The third-order valence-corrected chi connectivity index (χ3v) is 2.92. The van der Waals surface area contributed by atoms with Crippen LogP contribution in [0.3, 0.4) is 0 Å². The average molecular weight is 197 g/mol. The lowest BCUT2D eigenvalue weighted by Crippen LogP contribution is -2.44. The fourth-order valence-electron chi connectivity index (χ4n) is 1.84. The second kappa shape index (κ2) is 4.81. The number of carbonyl (C=O) groups is 1. The molecule has 0 saturated heterocycles. The van der Waals surface area contributed by atoms with Gasteiger partial charge in [-0.15, -0.1) is 0 Å². The zero-order valence-electron chi connectivity index (χ0n) is 9.92. The molecule has 1 aliphatic rings. The second-order valence-electron chi connectivity index (χ2n) is 5.11. The van der Waals surface area contributed by atoms with Crippen LogP contribution in [0, 0.1) is 11.8 Å². The molecular weight excluding hydrogens is 174 g/mol. The lowest BCUT2D eigenvalue weighted by molar-refractivity contribution is -0.140. The highest BCUT2D eigenvalue weighted by atomic mass is 16.2. The van der Waals surface area contributed by atoms with Crippen molar-refractivity contribution >= 4 is 5.91 Å². The van der Waals surface area contributed by atoms with E-state index in [2.05, 4.69) is 32.6 Å². The van der Waals surface area contributed by atoms with Gasteiger partial charge in [-0.3, -0.25) is 4.79 Å². The summed E-state index contributed by atoms with van der Waals surface area (Å²) >= 11 is 0. The minimum Gasteiger partial charge on any atom is -0.340 e. The summed E-state index contributed by atoms with van der Waals surface area (Å²) < 4.78 is 0. The maximum Gasteiger partial charge on any atom is 0.225 e. The molecule has 82 valence electrons. The topological polar surface area (TPSA) is 20.3 Å². The molecule has 1 aliphatic carbocycles. The standard InChI is InChI=1S/C12H23NO/c1-9(2)8-13(10(3)4)12(14)11-6-5-7-11/h9-11H,5-8H2,1-4H3. The van der Waals surface area contributed by atoms with Crippen LogP contribution in [0.5, 0.6) is 0 Å². The van der Waals surface area contributed by atoms with E-state index in [1.54, 1.807) is 0 Å². The Morgan fingerprint density at radius 3 is 2.14 bits per heavy atom. The maximum absolute atomic E-state index is 12.0. The van der Waals surface area contributed by atoms with Crippen molar-refractivity contribution in [2.75, 3.05) is 6.54 Å². The molecule has 0 aromatic heterocycles. The van der Waals surface area contributed by atoms with Gasteiger partial charge in [0.15, 0.2) is 0 Å². The Morgan fingerprint density at radius 2 is 1.86 bits per heavy atom. The molecular formula is C12H23NO. The van der Waals surface area contributed by atoms with E-state index in [0.717, 1.165) is 19.4 Å². The molecule has 2 nitrogen and oxygen atoms in total. The van der Waals surface area contributed by atoms with E-state index in [9.17, 15) is 4.79 Å². The van der Waals surface area contributed by atoms with Crippen LogP contribution in [0.2, 0.25) is 0 Å². The van der Waals surface area contributed by atoms with Crippen LogP contribution in [0.15, 0.2) is 0 Å². The van der Waals surface area contributed by atoms with Gasteiger partial charge in [0.1, 0.15) is 0 Å². The van der Waals surface area contributed by atoms with Gasteiger partial charge in [0.25, 0.3) is 0 Å². The fourth-order valence-corrected chi connectivity index (χ4v) is 1.84. The summed E-state index contributed by atoms with van der Waals surface area (Å²) in [5.41, 5.74) is 0. The lowest BCUT2D eigenvalue weighted by Gasteiger charge is -2.35. The third kappa shape index (κ3) is 2.73. The average Bonchev–Trinajstić information content (AvgIpc) is 1.95. The summed E-state index contributed by atoms with van der Waals surface area (Å²) in [4.78, 5) is 14.1. The van der Waals surface area contributed by atoms with Crippen molar-refractivity contribution in [1.82, 2.24) is 4.90 Å². The first-order valence-corrected chi connectivity index (χ1v) is 5.82. The Kier molecular flexibility index (Phi) is 3.97. The van der Waals surface area contributed by atoms with Crippen molar-refractivity contribution < 1.29 is 4.79 Å². The van der Waals surface area contributed by atoms with E-state index in [0.29, 0.717) is 23.8 Å². The molecule has 1 saturated carbocycles. The maximum atomic E-state index is 12.0. The van der Waals surface area contributed by atoms with Crippen molar-refractivity contribution in [2.45, 2.75) is 53.0 Å². The van der Waals surface area contributed by atoms with Crippen LogP contribution in [0.1, 0.15) is 47.0 Å². The molecule has 1 rings (SSSR count). The molecule has 1 amide bonds. The minimum atomic E-state index is 0.344. The Balaban J connectivity index is 2.52. The largest absolute Gasteiger partial charge is 0.340 e. The first-order valence-electron chi connectivity index (χ1n) is 5.82. The molecule has 0 N–H and O–H groups in total. The quantitative estimate of drug-likeness (QED) is 0.678. The first-order chi connectivity index (χ1) is 6.52. The third-order valence-electron chi connectivity index (χ3n) is 2.92. The van der Waals surface area contributed by atoms with E-state index in [-0.39, 0.29) is 0 Å². The molecule has 0 aliphatic heterocycles. The van der Waals surface area contributed by atoms with Crippen LogP contribution < -0.4 is 0 Å². The van der Waals surface area contributed by atoms with Gasteiger partial charge in [-0.2, -0.15) is 0 Å². The van der Waals surface area contributed by atoms with Gasteiger partial charge in [-0.25, -0.2) is 0 Å². The number of hydrogen-bond donors (Lipinski definition) is 0. The molecule has 2 heteroatoms. The van der Waals surface area contributed by atoms with E-state index in [1.807, 2.05) is 0 Å². The van der Waals surface area contributed by atoms with Gasteiger partial charge in [0.2, 0.25) is 5.91 Å². The fraction of sp³-hybridized carbons (Fsp3) is 0.917. The predicted octanol–water partition coefficient (Wildman–Crippen LogP) is 2.68. The number of rotatable bonds is 4. The lowest BCUT2D eigenvalue weighted by atomic mass is 9.84. The Labute approximate surface area is 87.7 Å². The molecule has 1 fully saturated rings. The van der Waals surface area contributed by atoms with Crippen LogP contribution in [0.25, 0.3) is 0 Å². The van der Waals surface area contributed by atoms with Gasteiger partial charge in [-0.05, 0) is 32.6 Å². The first kappa shape index (κ1) is 11.5. The Bertz CT molecular complexity index is 194. The van der Waals surface area contributed by atoms with Gasteiger partial charge in [0, 0.05) is 18.5 Å². The number of hydrogen-bond acceptors (Lipinski definition) is 1. The highest BCUT2D eigenvalue weighted by Gasteiger charge is 2.30. The number of amides is 1. The summed E-state index contributed by atoms with van der Waals surface area (Å²) in [6.07, 6.45) is 3.46. The van der Waals surface area contributed by atoms with Crippen molar-refractivity contribution in [3.8, 4) is 0 Å². The van der Waals surface area contributed by atoms with Crippen LogP contribution >= 0.6 is 0 Å². The van der Waals surface area contributed by atoms with Gasteiger partial charge < -0.3 is 4.90 Å². The molecule has 14 heavy (non-hydrogen) atoms. The summed E-state index contributed by atoms with van der Waals surface area (Å²) in [6.45, 7) is 9.47. The Morgan fingerprint density at radius 1 is 1.29 bits per heavy atom. The molecule has 0 aromatic carbocycles. The van der Waals surface area contributed by atoms with Crippen molar-refractivity contribution in [3.05, 3.63) is 0 Å². The number of carbonyl (C=O) groups excluding carboxylic acids is 1. The monoisotopic (exact) mass is 197 g/mol. The Hall–Kier alpha value is -0.530. The summed E-state index contributed by atoms with van der Waals surface area (Å²) in [5, 5.41) is 0.